The first-order valence-corrected chi connectivity index (χ1v) is 11.9. The van der Waals surface area contributed by atoms with E-state index in [0.717, 1.165) is 17.5 Å². The molecule has 160 valence electrons. The van der Waals surface area contributed by atoms with Gasteiger partial charge in [0.25, 0.3) is 0 Å². The van der Waals surface area contributed by atoms with E-state index in [9.17, 15) is 18.0 Å². The van der Waals surface area contributed by atoms with Gasteiger partial charge >= 0.3 is 5.69 Å². The van der Waals surface area contributed by atoms with Crippen LogP contribution in [0.4, 0.5) is 0 Å². The number of rotatable bonds is 8. The van der Waals surface area contributed by atoms with Gasteiger partial charge in [-0.1, -0.05) is 19.1 Å². The number of benzene rings is 1. The molecule has 1 saturated heterocycles. The second-order valence-electron chi connectivity index (χ2n) is 7.47. The first-order valence-electron chi connectivity index (χ1n) is 10.3. The second-order valence-corrected chi connectivity index (χ2v) is 9.72. The van der Waals surface area contributed by atoms with Gasteiger partial charge in [0.2, 0.25) is 15.9 Å². The van der Waals surface area contributed by atoms with E-state index in [0.29, 0.717) is 39.0 Å². The minimum absolute atomic E-state index is 0.0241. The lowest BCUT2D eigenvalue weighted by molar-refractivity contribution is -0.122. The molecular weight excluding hydrogens is 392 g/mol. The summed E-state index contributed by atoms with van der Waals surface area (Å²) in [5.74, 6) is -0.00857. The van der Waals surface area contributed by atoms with E-state index in [1.165, 1.54) is 4.31 Å². The summed E-state index contributed by atoms with van der Waals surface area (Å²) in [6, 6.07) is 7.62. The van der Waals surface area contributed by atoms with Crippen LogP contribution in [0.3, 0.4) is 0 Å². The largest absolute Gasteiger partial charge is 0.353 e. The molecule has 1 fully saturated rings. The molecule has 0 spiro atoms. The molecule has 9 heteroatoms. The van der Waals surface area contributed by atoms with Crippen molar-refractivity contribution in [1.82, 2.24) is 18.8 Å². The number of amides is 1. The Morgan fingerprint density at radius 3 is 2.21 bits per heavy atom. The molecule has 2 aromatic rings. The topological polar surface area (TPSA) is 93.4 Å². The standard InChI is InChI=1S/C20H30N4O4S/c1-3-12-23-17-7-5-6-8-18(17)24(20(23)26)15-11-19(25)21-16-9-13-22(14-10-16)29(27,28)4-2/h5-8,16H,3-4,9-15H2,1-2H3,(H,21,25). The SMILES string of the molecule is CCCn1c(=O)n(CCC(=O)NC2CCN(S(=O)(=O)CC)CC2)c2ccccc21. The monoisotopic (exact) mass is 422 g/mol. The summed E-state index contributed by atoms with van der Waals surface area (Å²) >= 11 is 0. The lowest BCUT2D eigenvalue weighted by Crippen LogP contribution is -2.47. The minimum atomic E-state index is -3.17. The van der Waals surface area contributed by atoms with Gasteiger partial charge in [-0.05, 0) is 38.3 Å². The number of carbonyl (C=O) groups is 1. The highest BCUT2D eigenvalue weighted by Gasteiger charge is 2.27. The molecule has 0 radical (unpaired) electrons. The van der Waals surface area contributed by atoms with Crippen molar-refractivity contribution in [2.45, 2.75) is 58.7 Å². The molecular formula is C20H30N4O4S. The van der Waals surface area contributed by atoms with Crippen molar-refractivity contribution in [3.8, 4) is 0 Å². The number of aryl methyl sites for hydroxylation is 2. The Morgan fingerprint density at radius 2 is 1.66 bits per heavy atom. The van der Waals surface area contributed by atoms with E-state index in [-0.39, 0.29) is 29.8 Å². The number of piperidine rings is 1. The fraction of sp³-hybridized carbons (Fsp3) is 0.600. The Balaban J connectivity index is 1.60. The number of sulfonamides is 1. The normalized spacial score (nSPS) is 16.3. The molecule has 0 bridgehead atoms. The molecule has 0 atom stereocenters. The fourth-order valence-electron chi connectivity index (χ4n) is 3.90. The van der Waals surface area contributed by atoms with Gasteiger partial charge in [0.15, 0.2) is 0 Å². The van der Waals surface area contributed by atoms with Gasteiger partial charge in [-0.15, -0.1) is 0 Å². The quantitative estimate of drug-likeness (QED) is 0.698. The summed E-state index contributed by atoms with van der Waals surface area (Å²) < 4.78 is 28.8. The molecule has 3 rings (SSSR count). The van der Waals surface area contributed by atoms with Crippen LogP contribution in [0.5, 0.6) is 0 Å². The third-order valence-corrected chi connectivity index (χ3v) is 7.39. The van der Waals surface area contributed by atoms with E-state index in [1.54, 1.807) is 16.1 Å². The number of nitrogens with zero attached hydrogens (tertiary/aromatic N) is 3. The molecule has 2 heterocycles. The molecule has 0 aliphatic carbocycles. The zero-order chi connectivity index (χ0) is 21.0. The third kappa shape index (κ3) is 4.72. The van der Waals surface area contributed by atoms with Crippen LogP contribution in [0.1, 0.15) is 39.5 Å². The Labute approximate surface area is 171 Å². The maximum absolute atomic E-state index is 12.8. The van der Waals surface area contributed by atoms with Crippen LogP contribution in [0.2, 0.25) is 0 Å². The van der Waals surface area contributed by atoms with Gasteiger partial charge in [-0.25, -0.2) is 17.5 Å². The van der Waals surface area contributed by atoms with Gasteiger partial charge in [0.1, 0.15) is 0 Å². The van der Waals surface area contributed by atoms with Crippen LogP contribution in [0, 0.1) is 0 Å². The zero-order valence-electron chi connectivity index (χ0n) is 17.1. The highest BCUT2D eigenvalue weighted by atomic mass is 32.2. The number of fused-ring (bicyclic) bond motifs is 1. The van der Waals surface area contributed by atoms with Gasteiger partial charge in [0, 0.05) is 38.6 Å². The first-order chi connectivity index (χ1) is 13.9. The molecule has 1 aliphatic rings. The Morgan fingerprint density at radius 1 is 1.07 bits per heavy atom. The molecule has 0 unspecified atom stereocenters. The molecule has 1 aliphatic heterocycles. The average Bonchev–Trinajstić information content (AvgIpc) is 2.98. The molecule has 1 aromatic carbocycles. The third-order valence-electron chi connectivity index (χ3n) is 5.51. The summed E-state index contributed by atoms with van der Waals surface area (Å²) in [5, 5.41) is 3.00. The lowest BCUT2D eigenvalue weighted by Gasteiger charge is -2.31. The number of hydrogen-bond donors (Lipinski definition) is 1. The summed E-state index contributed by atoms with van der Waals surface area (Å²) in [5.41, 5.74) is 1.65. The summed E-state index contributed by atoms with van der Waals surface area (Å²) in [4.78, 5) is 25.2. The van der Waals surface area contributed by atoms with Crippen LogP contribution in [0.15, 0.2) is 29.1 Å². The summed E-state index contributed by atoms with van der Waals surface area (Å²) in [7, 11) is -3.17. The molecule has 8 nitrogen and oxygen atoms in total. The molecule has 1 N–H and O–H groups in total. The predicted molar refractivity (Wildman–Crippen MR) is 113 cm³/mol. The van der Waals surface area contributed by atoms with Crippen LogP contribution in [-0.4, -0.2) is 52.6 Å². The van der Waals surface area contributed by atoms with Crippen molar-refractivity contribution in [1.29, 1.82) is 0 Å². The van der Waals surface area contributed by atoms with Crippen LogP contribution in [-0.2, 0) is 27.9 Å². The van der Waals surface area contributed by atoms with E-state index >= 15 is 0 Å². The predicted octanol–water partition coefficient (Wildman–Crippen LogP) is 1.53. The van der Waals surface area contributed by atoms with Gasteiger partial charge in [-0.2, -0.15) is 0 Å². The van der Waals surface area contributed by atoms with Crippen molar-refractivity contribution >= 4 is 27.0 Å². The minimum Gasteiger partial charge on any atom is -0.353 e. The number of imidazole rings is 1. The van der Waals surface area contributed by atoms with Crippen molar-refractivity contribution in [2.24, 2.45) is 0 Å². The maximum atomic E-state index is 12.8. The fourth-order valence-corrected chi connectivity index (χ4v) is 5.03. The number of carbonyl (C=O) groups excluding carboxylic acids is 1. The van der Waals surface area contributed by atoms with Crippen molar-refractivity contribution in [3.63, 3.8) is 0 Å². The van der Waals surface area contributed by atoms with Crippen molar-refractivity contribution in [2.75, 3.05) is 18.8 Å². The number of nitrogens with one attached hydrogen (secondary N) is 1. The van der Waals surface area contributed by atoms with E-state index in [1.807, 2.05) is 31.2 Å². The first kappa shape index (κ1) is 21.6. The van der Waals surface area contributed by atoms with Crippen LogP contribution < -0.4 is 11.0 Å². The summed E-state index contributed by atoms with van der Waals surface area (Å²) in [6.07, 6.45) is 2.30. The summed E-state index contributed by atoms with van der Waals surface area (Å²) in [6.45, 7) is 5.52. The van der Waals surface area contributed by atoms with E-state index in [4.69, 9.17) is 0 Å². The Bertz CT molecular complexity index is 1020. The number of para-hydroxylation sites is 2. The van der Waals surface area contributed by atoms with Crippen LogP contribution >= 0.6 is 0 Å². The maximum Gasteiger partial charge on any atom is 0.329 e. The van der Waals surface area contributed by atoms with E-state index in [2.05, 4.69) is 5.32 Å². The molecule has 1 aromatic heterocycles. The Kier molecular flexibility index (Phi) is 6.79. The average molecular weight is 423 g/mol. The molecule has 29 heavy (non-hydrogen) atoms. The smallest absolute Gasteiger partial charge is 0.329 e. The lowest BCUT2D eigenvalue weighted by atomic mass is 10.1. The molecule has 0 saturated carbocycles. The van der Waals surface area contributed by atoms with Crippen molar-refractivity contribution < 1.29 is 13.2 Å². The van der Waals surface area contributed by atoms with Gasteiger partial charge in [-0.3, -0.25) is 13.9 Å². The second kappa shape index (κ2) is 9.13. The van der Waals surface area contributed by atoms with Crippen LogP contribution in [0.25, 0.3) is 11.0 Å². The number of aromatic nitrogens is 2. The number of hydrogen-bond acceptors (Lipinski definition) is 4. The highest BCUT2D eigenvalue weighted by Crippen LogP contribution is 2.16. The van der Waals surface area contributed by atoms with Gasteiger partial charge < -0.3 is 5.32 Å². The van der Waals surface area contributed by atoms with Gasteiger partial charge in [0.05, 0.1) is 16.8 Å². The molecule has 1 amide bonds. The zero-order valence-corrected chi connectivity index (χ0v) is 18.0. The van der Waals surface area contributed by atoms with Crippen molar-refractivity contribution in [3.05, 3.63) is 34.7 Å². The van der Waals surface area contributed by atoms with E-state index < -0.39 is 10.0 Å². The highest BCUT2D eigenvalue weighted by molar-refractivity contribution is 7.89. The Hall–Kier alpha value is -2.13.